The summed E-state index contributed by atoms with van der Waals surface area (Å²) in [5.74, 6) is 0. The van der Waals surface area contributed by atoms with Crippen molar-refractivity contribution < 1.29 is 13.9 Å². The van der Waals surface area contributed by atoms with Crippen molar-refractivity contribution >= 4 is 0 Å². The molecule has 1 fully saturated rings. The van der Waals surface area contributed by atoms with Crippen molar-refractivity contribution in [3.63, 3.8) is 0 Å². The Morgan fingerprint density at radius 1 is 1.50 bits per heavy atom. The van der Waals surface area contributed by atoms with Crippen LogP contribution in [0.2, 0.25) is 0 Å². The highest BCUT2D eigenvalue weighted by molar-refractivity contribution is 4.87. The van der Waals surface area contributed by atoms with Crippen LogP contribution in [0.5, 0.6) is 0 Å². The van der Waals surface area contributed by atoms with Gasteiger partial charge in [-0.25, -0.2) is 4.39 Å². The van der Waals surface area contributed by atoms with E-state index >= 15 is 0 Å². The first kappa shape index (κ1) is 9.89. The van der Waals surface area contributed by atoms with Gasteiger partial charge in [0.1, 0.15) is 5.67 Å². The molecule has 0 spiro atoms. The van der Waals surface area contributed by atoms with Gasteiger partial charge in [-0.2, -0.15) is 0 Å². The lowest BCUT2D eigenvalue weighted by Gasteiger charge is -2.17. The van der Waals surface area contributed by atoms with Gasteiger partial charge in [0.2, 0.25) is 0 Å². The van der Waals surface area contributed by atoms with Crippen LogP contribution in [0.15, 0.2) is 0 Å². The summed E-state index contributed by atoms with van der Waals surface area (Å²) in [7, 11) is 1.60. The van der Waals surface area contributed by atoms with Crippen molar-refractivity contribution in [2.45, 2.75) is 12.1 Å². The molecule has 3 nitrogen and oxygen atoms in total. The molecule has 1 aliphatic rings. The maximum Gasteiger partial charge on any atom is 0.147 e. The maximum atomic E-state index is 13.5. The van der Waals surface area contributed by atoms with Gasteiger partial charge < -0.3 is 14.8 Å². The largest absolute Gasteiger partial charge is 0.382 e. The number of hydrogen-bond acceptors (Lipinski definition) is 3. The first-order valence-electron chi connectivity index (χ1n) is 4.23. The van der Waals surface area contributed by atoms with E-state index in [2.05, 4.69) is 5.32 Å². The molecule has 0 aromatic rings. The molecule has 1 rings (SSSR count). The van der Waals surface area contributed by atoms with Crippen molar-refractivity contribution in [3.05, 3.63) is 0 Å². The Morgan fingerprint density at radius 2 is 2.33 bits per heavy atom. The van der Waals surface area contributed by atoms with E-state index in [-0.39, 0.29) is 6.61 Å². The molecule has 72 valence electrons. The monoisotopic (exact) mass is 177 g/mol. The first-order valence-corrected chi connectivity index (χ1v) is 4.23. The van der Waals surface area contributed by atoms with E-state index in [1.54, 1.807) is 7.11 Å². The minimum atomic E-state index is -1.15. The van der Waals surface area contributed by atoms with Crippen LogP contribution < -0.4 is 5.32 Å². The number of ether oxygens (including phenoxy) is 2. The second-order valence-electron chi connectivity index (χ2n) is 3.12. The Bertz CT molecular complexity index is 126. The average molecular weight is 177 g/mol. The molecule has 1 heterocycles. The highest BCUT2D eigenvalue weighted by Crippen LogP contribution is 2.19. The van der Waals surface area contributed by atoms with E-state index < -0.39 is 5.67 Å². The zero-order valence-electron chi connectivity index (χ0n) is 7.44. The van der Waals surface area contributed by atoms with Crippen molar-refractivity contribution in [2.75, 3.05) is 40.0 Å². The van der Waals surface area contributed by atoms with Crippen LogP contribution in [0.4, 0.5) is 4.39 Å². The van der Waals surface area contributed by atoms with Crippen molar-refractivity contribution in [1.29, 1.82) is 0 Å². The van der Waals surface area contributed by atoms with E-state index in [1.807, 2.05) is 0 Å². The SMILES string of the molecule is COCCOC[C@@]1(F)CCNC1. The van der Waals surface area contributed by atoms with Gasteiger partial charge in [0, 0.05) is 13.7 Å². The van der Waals surface area contributed by atoms with Crippen LogP contribution in [0, 0.1) is 0 Å². The number of nitrogens with one attached hydrogen (secondary N) is 1. The molecule has 1 atom stereocenters. The molecule has 1 N–H and O–H groups in total. The minimum absolute atomic E-state index is 0.184. The molecule has 0 unspecified atom stereocenters. The predicted molar refractivity (Wildman–Crippen MR) is 44.0 cm³/mol. The van der Waals surface area contributed by atoms with Gasteiger partial charge in [0.25, 0.3) is 0 Å². The molecule has 0 aliphatic carbocycles. The highest BCUT2D eigenvalue weighted by Gasteiger charge is 2.33. The highest BCUT2D eigenvalue weighted by atomic mass is 19.1. The average Bonchev–Trinajstić information content (AvgIpc) is 2.47. The van der Waals surface area contributed by atoms with Crippen LogP contribution in [-0.2, 0) is 9.47 Å². The summed E-state index contributed by atoms with van der Waals surface area (Å²) in [6.07, 6.45) is 0.556. The predicted octanol–water partition coefficient (Wildman–Crippen LogP) is 0.351. The summed E-state index contributed by atoms with van der Waals surface area (Å²) < 4.78 is 23.4. The van der Waals surface area contributed by atoms with Gasteiger partial charge in [0.05, 0.1) is 19.8 Å². The molecule has 1 saturated heterocycles. The molecular formula is C8H16FNO2. The molecule has 1 aliphatic heterocycles. The zero-order valence-corrected chi connectivity index (χ0v) is 7.44. The third kappa shape index (κ3) is 3.05. The number of hydrogen-bond donors (Lipinski definition) is 1. The Labute approximate surface area is 72.2 Å². The Balaban J connectivity index is 2.05. The van der Waals surface area contributed by atoms with Gasteiger partial charge in [-0.15, -0.1) is 0 Å². The van der Waals surface area contributed by atoms with Crippen molar-refractivity contribution in [3.8, 4) is 0 Å². The summed E-state index contributed by atoms with van der Waals surface area (Å²) >= 11 is 0. The first-order chi connectivity index (χ1) is 5.77. The number of halogens is 1. The molecule has 0 aromatic heterocycles. The molecule has 0 aromatic carbocycles. The van der Waals surface area contributed by atoms with Gasteiger partial charge >= 0.3 is 0 Å². The standard InChI is InChI=1S/C8H16FNO2/c1-11-4-5-12-7-8(9)2-3-10-6-8/h10H,2-7H2,1H3/t8-/m1/s1. The van der Waals surface area contributed by atoms with E-state index in [0.717, 1.165) is 6.54 Å². The van der Waals surface area contributed by atoms with Crippen molar-refractivity contribution in [2.24, 2.45) is 0 Å². The number of methoxy groups -OCH3 is 1. The van der Waals surface area contributed by atoms with Crippen molar-refractivity contribution in [1.82, 2.24) is 5.32 Å². The van der Waals surface area contributed by atoms with E-state index in [1.165, 1.54) is 0 Å². The van der Waals surface area contributed by atoms with Crippen LogP contribution in [0.3, 0.4) is 0 Å². The number of alkyl halides is 1. The third-order valence-corrected chi connectivity index (χ3v) is 1.98. The minimum Gasteiger partial charge on any atom is -0.382 e. The van der Waals surface area contributed by atoms with Crippen LogP contribution in [0.1, 0.15) is 6.42 Å². The summed E-state index contributed by atoms with van der Waals surface area (Å²) in [5.41, 5.74) is -1.15. The fourth-order valence-electron chi connectivity index (χ4n) is 1.23. The molecule has 12 heavy (non-hydrogen) atoms. The molecule has 0 amide bonds. The van der Waals surface area contributed by atoms with Gasteiger partial charge in [-0.05, 0) is 13.0 Å². The quantitative estimate of drug-likeness (QED) is 0.615. The molecule has 0 radical (unpaired) electrons. The van der Waals surface area contributed by atoms with Gasteiger partial charge in [-0.3, -0.25) is 0 Å². The van der Waals surface area contributed by atoms with Gasteiger partial charge in [0.15, 0.2) is 0 Å². The summed E-state index contributed by atoms with van der Waals surface area (Å²) in [6.45, 7) is 2.36. The summed E-state index contributed by atoms with van der Waals surface area (Å²) in [5, 5.41) is 2.97. The second kappa shape index (κ2) is 4.74. The smallest absolute Gasteiger partial charge is 0.147 e. The Morgan fingerprint density at radius 3 is 2.92 bits per heavy atom. The fourth-order valence-corrected chi connectivity index (χ4v) is 1.23. The van der Waals surface area contributed by atoms with Crippen LogP contribution in [-0.4, -0.2) is 45.7 Å². The van der Waals surface area contributed by atoms with E-state index in [4.69, 9.17) is 9.47 Å². The van der Waals surface area contributed by atoms with Crippen LogP contribution >= 0.6 is 0 Å². The topological polar surface area (TPSA) is 30.5 Å². The van der Waals surface area contributed by atoms with Crippen LogP contribution in [0.25, 0.3) is 0 Å². The molecule has 4 heteroatoms. The summed E-state index contributed by atoms with van der Waals surface area (Å²) in [4.78, 5) is 0. The molecular weight excluding hydrogens is 161 g/mol. The fraction of sp³-hybridized carbons (Fsp3) is 1.00. The van der Waals surface area contributed by atoms with E-state index in [0.29, 0.717) is 26.2 Å². The van der Waals surface area contributed by atoms with Gasteiger partial charge in [-0.1, -0.05) is 0 Å². The molecule has 0 saturated carbocycles. The molecule has 0 bridgehead atoms. The lowest BCUT2D eigenvalue weighted by atomic mass is 10.1. The zero-order chi connectivity index (χ0) is 8.86. The maximum absolute atomic E-state index is 13.5. The normalized spacial score (nSPS) is 29.5. The Kier molecular flexibility index (Phi) is 3.91. The Hall–Kier alpha value is -0.190. The lowest BCUT2D eigenvalue weighted by Crippen LogP contribution is -2.32. The number of rotatable bonds is 5. The summed E-state index contributed by atoms with van der Waals surface area (Å²) in [6, 6.07) is 0. The van der Waals surface area contributed by atoms with E-state index in [9.17, 15) is 4.39 Å². The second-order valence-corrected chi connectivity index (χ2v) is 3.12. The third-order valence-electron chi connectivity index (χ3n) is 1.98. The lowest BCUT2D eigenvalue weighted by molar-refractivity contribution is 0.00442.